The molecule has 4 heavy (non-hydrogen) atoms. The van der Waals surface area contributed by atoms with Gasteiger partial charge in [-0.1, -0.05) is 0 Å². The van der Waals surface area contributed by atoms with Gasteiger partial charge in [0, 0.05) is 0 Å². The second-order valence-corrected chi connectivity index (χ2v) is 0. The molecule has 0 aromatic heterocycles. The van der Waals surface area contributed by atoms with E-state index in [9.17, 15) is 0 Å². The number of hydrogen-bond acceptors (Lipinski definition) is 0. The molecule has 0 saturated heterocycles. The third-order valence-corrected chi connectivity index (χ3v) is 0. The summed E-state index contributed by atoms with van der Waals surface area (Å²) in [5.41, 5.74) is 1.94. The van der Waals surface area contributed by atoms with Gasteiger partial charge >= 0.3 is 22.6 Å². The van der Waals surface area contributed by atoms with E-state index in [0.717, 1.165) is 0 Å². The van der Waals surface area contributed by atoms with Crippen LogP contribution in [0.15, 0.2) is 0 Å². The van der Waals surface area contributed by atoms with Gasteiger partial charge in [0.05, 0.1) is 0 Å². The van der Waals surface area contributed by atoms with Gasteiger partial charge in [0.25, 0.3) is 0 Å². The van der Waals surface area contributed by atoms with Crippen molar-refractivity contribution < 1.29 is 34.0 Å². The number of rotatable bonds is 0. The summed E-state index contributed by atoms with van der Waals surface area (Å²) in [6.07, 6.45) is 0. The van der Waals surface area contributed by atoms with E-state index < -0.39 is 0 Å². The third kappa shape index (κ3) is 9.68. The van der Waals surface area contributed by atoms with Gasteiger partial charge in [-0.15, -0.1) is 0 Å². The number of halogens is 2. The van der Waals surface area contributed by atoms with Crippen molar-refractivity contribution in [2.24, 2.45) is 0 Å². The summed E-state index contributed by atoms with van der Waals surface area (Å²) in [5.74, 6) is 0. The van der Waals surface area contributed by atoms with Crippen LogP contribution in [0.2, 0.25) is 5.71 Å². The van der Waals surface area contributed by atoms with Crippen molar-refractivity contribution in [2.75, 3.05) is 0 Å². The summed E-state index contributed by atoms with van der Waals surface area (Å²) in [5, 5.41) is 0. The van der Waals surface area contributed by atoms with Gasteiger partial charge in [0.1, 0.15) is 0 Å². The molecule has 3 heteroatoms. The maximum Gasteiger partial charge on any atom is -1.00 e. The summed E-state index contributed by atoms with van der Waals surface area (Å²) in [4.78, 5) is 0. The Labute approximate surface area is 56.4 Å². The zero-order valence-electron chi connectivity index (χ0n) is 2.20. The fourth-order valence-corrected chi connectivity index (χ4v) is 0. The average Bonchev–Trinajstić information content (AvgIpc) is 1.00. The van der Waals surface area contributed by atoms with Crippen molar-refractivity contribution in [3.63, 3.8) is 0 Å². The predicted molar refractivity (Wildman–Crippen MR) is 11.6 cm³/mol. The normalized spacial score (nSPS) is 1.50. The van der Waals surface area contributed by atoms with Crippen molar-refractivity contribution in [3.8, 4) is 0 Å². The quantitative estimate of drug-likeness (QED) is 0.376. The van der Waals surface area contributed by atoms with E-state index in [1.165, 1.54) is 0 Å². The second kappa shape index (κ2) is 24.3. The Balaban J connectivity index is -0.00000000500. The van der Waals surface area contributed by atoms with Crippen LogP contribution in [-0.4, -0.2) is 16.9 Å². The molecule has 0 amide bonds. The van der Waals surface area contributed by atoms with Crippen molar-refractivity contribution in [2.45, 2.75) is 5.71 Å². The molecule has 0 N–H and O–H groups in total. The molecule has 0 fully saturated rings. The molecule has 0 aliphatic carbocycles. The maximum absolute atomic E-state index is 2.31. The standard InChI is InChI=1S/CH3As.2BrH/c1-2;;/h1H3;2*1H/p-2. The van der Waals surface area contributed by atoms with Crippen LogP contribution < -0.4 is 34.0 Å². The summed E-state index contributed by atoms with van der Waals surface area (Å²) < 4.78 is 0. The van der Waals surface area contributed by atoms with Crippen LogP contribution in [0.25, 0.3) is 0 Å². The molecule has 0 aliphatic rings. The predicted octanol–water partition coefficient (Wildman–Crippen LogP) is -5.79. The van der Waals surface area contributed by atoms with Gasteiger partial charge in [-0.05, 0) is 0 Å². The fourth-order valence-electron chi connectivity index (χ4n) is 0. The minimum absolute atomic E-state index is 0. The zero-order valence-corrected chi connectivity index (χ0v) is 7.25. The molecule has 0 atom stereocenters. The van der Waals surface area contributed by atoms with Gasteiger partial charge in [-0.25, -0.2) is 0 Å². The van der Waals surface area contributed by atoms with Crippen molar-refractivity contribution >= 4 is 16.9 Å². The maximum atomic E-state index is 2.31. The molecule has 0 nitrogen and oxygen atoms in total. The van der Waals surface area contributed by atoms with E-state index in [-0.39, 0.29) is 34.0 Å². The molecule has 0 spiro atoms. The van der Waals surface area contributed by atoms with E-state index in [2.05, 4.69) is 16.9 Å². The number of hydrogen-bond donors (Lipinski definition) is 0. The van der Waals surface area contributed by atoms with Crippen LogP contribution in [0.3, 0.4) is 0 Å². The van der Waals surface area contributed by atoms with Crippen molar-refractivity contribution in [1.29, 1.82) is 0 Å². The average molecular weight is 250 g/mol. The third-order valence-electron chi connectivity index (χ3n) is 0. The molecule has 0 heterocycles. The van der Waals surface area contributed by atoms with Crippen molar-refractivity contribution in [3.05, 3.63) is 0 Å². The van der Waals surface area contributed by atoms with E-state index in [1.807, 2.05) is 5.71 Å². The largest absolute Gasteiger partial charge is 1.00 e. The molecule has 2 radical (unpaired) electrons. The first-order chi connectivity index (χ1) is 1.00. The van der Waals surface area contributed by atoms with Crippen LogP contribution in [0.5, 0.6) is 0 Å². The molecular formula is CH3AsBr2-2. The summed E-state index contributed by atoms with van der Waals surface area (Å²) in [6, 6.07) is 0. The molecule has 0 aromatic carbocycles. The van der Waals surface area contributed by atoms with Gasteiger partial charge in [0.2, 0.25) is 0 Å². The molecule has 28 valence electrons. The van der Waals surface area contributed by atoms with E-state index in [1.54, 1.807) is 0 Å². The molecule has 0 unspecified atom stereocenters. The first-order valence-electron chi connectivity index (χ1n) is 0.447. The Bertz CT molecular complexity index is 6.00. The van der Waals surface area contributed by atoms with E-state index >= 15 is 0 Å². The molecule has 0 saturated carbocycles. The van der Waals surface area contributed by atoms with Gasteiger partial charge < -0.3 is 34.0 Å². The van der Waals surface area contributed by atoms with Gasteiger partial charge in [-0.3, -0.25) is 0 Å². The van der Waals surface area contributed by atoms with E-state index in [0.29, 0.717) is 0 Å². The Morgan fingerprint density at radius 3 is 1.00 bits per heavy atom. The first-order valence-corrected chi connectivity index (χ1v) is 2.32. The van der Waals surface area contributed by atoms with Gasteiger partial charge in [0.15, 0.2) is 0 Å². The van der Waals surface area contributed by atoms with Crippen LogP contribution >= 0.6 is 0 Å². The summed E-state index contributed by atoms with van der Waals surface area (Å²) in [6.45, 7) is 0. The fraction of sp³-hybridized carbons (Fsp3) is 1.00. The minimum atomic E-state index is 0. The second-order valence-electron chi connectivity index (χ2n) is 0. The van der Waals surface area contributed by atoms with Crippen LogP contribution in [0.4, 0.5) is 0 Å². The first kappa shape index (κ1) is 17.8. The summed E-state index contributed by atoms with van der Waals surface area (Å²) >= 11 is 2.31. The van der Waals surface area contributed by atoms with Crippen molar-refractivity contribution in [1.82, 2.24) is 0 Å². The van der Waals surface area contributed by atoms with Crippen LogP contribution in [0, 0.1) is 0 Å². The molecular weight excluding hydrogens is 247 g/mol. The topological polar surface area (TPSA) is 0 Å². The minimum Gasteiger partial charge on any atom is -1.00 e. The molecule has 0 aromatic rings. The Morgan fingerprint density at radius 2 is 1.00 bits per heavy atom. The Morgan fingerprint density at radius 1 is 1.00 bits per heavy atom. The monoisotopic (exact) mass is 248 g/mol. The molecule has 0 rings (SSSR count). The Kier molecular flexibility index (Phi) is 108. The summed E-state index contributed by atoms with van der Waals surface area (Å²) in [7, 11) is 0. The molecule has 0 bridgehead atoms. The zero-order chi connectivity index (χ0) is 2.00. The SMILES string of the molecule is C[As].[Br-].[Br-]. The van der Waals surface area contributed by atoms with Crippen LogP contribution in [0.1, 0.15) is 0 Å². The van der Waals surface area contributed by atoms with Gasteiger partial charge in [-0.2, -0.15) is 0 Å². The van der Waals surface area contributed by atoms with E-state index in [4.69, 9.17) is 0 Å². The smallest absolute Gasteiger partial charge is 1.00 e. The Hall–Kier alpha value is 1.52. The van der Waals surface area contributed by atoms with Crippen LogP contribution in [-0.2, 0) is 0 Å². The molecule has 0 aliphatic heterocycles.